The quantitative estimate of drug-likeness (QED) is 0.418. The molecule has 0 N–H and O–H groups in total. The molecule has 5 rings (SSSR count). The van der Waals surface area contributed by atoms with E-state index in [-0.39, 0.29) is 5.56 Å². The topological polar surface area (TPSA) is 78.0 Å². The van der Waals surface area contributed by atoms with E-state index in [1.807, 2.05) is 63.4 Å². The first kappa shape index (κ1) is 18.4. The molecular weight excluding hydrogens is 396 g/mol. The Balaban J connectivity index is 1.56. The van der Waals surface area contributed by atoms with Gasteiger partial charge in [-0.1, -0.05) is 18.2 Å². The Morgan fingerprint density at radius 1 is 1.13 bits per heavy atom. The molecule has 0 unspecified atom stereocenters. The lowest BCUT2D eigenvalue weighted by Gasteiger charge is -1.99. The van der Waals surface area contributed by atoms with Gasteiger partial charge in [-0.3, -0.25) is 4.79 Å². The zero-order valence-corrected chi connectivity index (χ0v) is 17.5. The predicted octanol–water partition coefficient (Wildman–Crippen LogP) is 4.00. The minimum absolute atomic E-state index is 0.204. The number of hydrogen-bond donors (Lipinski definition) is 0. The van der Waals surface area contributed by atoms with Crippen LogP contribution in [0.4, 0.5) is 0 Å². The largest absolute Gasteiger partial charge is 0.291 e. The molecule has 0 fully saturated rings. The Hall–Kier alpha value is -3.65. The second-order valence-electron chi connectivity index (χ2n) is 7.13. The van der Waals surface area contributed by atoms with E-state index in [1.54, 1.807) is 10.9 Å². The number of aromatic nitrogens is 5. The van der Waals surface area contributed by atoms with Crippen LogP contribution in [0.15, 0.2) is 58.8 Å². The zero-order chi connectivity index (χ0) is 20.8. The van der Waals surface area contributed by atoms with Crippen molar-refractivity contribution in [2.75, 3.05) is 0 Å². The highest BCUT2D eigenvalue weighted by molar-refractivity contribution is 7.25. The molecule has 8 heteroatoms. The van der Waals surface area contributed by atoms with Crippen LogP contribution in [0.2, 0.25) is 0 Å². The van der Waals surface area contributed by atoms with Gasteiger partial charge in [0, 0.05) is 22.8 Å². The maximum atomic E-state index is 13.0. The van der Waals surface area contributed by atoms with Crippen molar-refractivity contribution in [1.29, 1.82) is 0 Å². The van der Waals surface area contributed by atoms with Gasteiger partial charge in [0.05, 0.1) is 23.1 Å². The van der Waals surface area contributed by atoms with Crippen molar-refractivity contribution in [3.8, 4) is 5.69 Å². The minimum Gasteiger partial charge on any atom is -0.266 e. The number of rotatable bonds is 3. The summed E-state index contributed by atoms with van der Waals surface area (Å²) in [5.74, 6) is 0. The number of hydrogen-bond acceptors (Lipinski definition) is 6. The third-order valence-electron chi connectivity index (χ3n) is 4.94. The van der Waals surface area contributed by atoms with Crippen LogP contribution in [0.1, 0.15) is 22.5 Å². The van der Waals surface area contributed by atoms with E-state index in [1.165, 1.54) is 22.3 Å². The van der Waals surface area contributed by atoms with Crippen LogP contribution in [0.25, 0.3) is 26.1 Å². The maximum absolute atomic E-state index is 13.0. The van der Waals surface area contributed by atoms with E-state index in [2.05, 4.69) is 20.2 Å². The molecule has 5 aromatic rings. The number of fused-ring (bicyclic) bond motifs is 3. The van der Waals surface area contributed by atoms with Crippen molar-refractivity contribution < 1.29 is 0 Å². The summed E-state index contributed by atoms with van der Waals surface area (Å²) in [4.78, 5) is 22.9. The highest BCUT2D eigenvalue weighted by Gasteiger charge is 2.14. The van der Waals surface area contributed by atoms with E-state index in [0.29, 0.717) is 10.2 Å². The van der Waals surface area contributed by atoms with Crippen LogP contribution < -0.4 is 5.56 Å². The molecule has 0 radical (unpaired) electrons. The number of nitrogens with zero attached hydrogens (tertiary/aromatic N) is 6. The summed E-state index contributed by atoms with van der Waals surface area (Å²) in [6.45, 7) is 5.88. The third-order valence-corrected chi connectivity index (χ3v) is 6.00. The van der Waals surface area contributed by atoms with Crippen molar-refractivity contribution in [1.82, 2.24) is 24.4 Å². The summed E-state index contributed by atoms with van der Waals surface area (Å²) in [7, 11) is 0. The van der Waals surface area contributed by atoms with E-state index < -0.39 is 0 Å². The molecule has 4 aromatic heterocycles. The van der Waals surface area contributed by atoms with Gasteiger partial charge in [-0.05, 0) is 44.5 Å². The first-order valence-electron chi connectivity index (χ1n) is 9.45. The maximum Gasteiger partial charge on any atom is 0.291 e. The van der Waals surface area contributed by atoms with Crippen LogP contribution in [-0.4, -0.2) is 30.6 Å². The Labute approximate surface area is 176 Å². The summed E-state index contributed by atoms with van der Waals surface area (Å²) < 4.78 is 3.62. The fourth-order valence-corrected chi connectivity index (χ4v) is 4.65. The molecule has 0 spiro atoms. The molecule has 1 aromatic carbocycles. The molecule has 0 bridgehead atoms. The Bertz CT molecular complexity index is 1490. The highest BCUT2D eigenvalue weighted by atomic mass is 32.1. The average Bonchev–Trinajstić information content (AvgIpc) is 3.29. The number of thiophene rings is 1. The smallest absolute Gasteiger partial charge is 0.266 e. The molecule has 4 heterocycles. The Morgan fingerprint density at radius 2 is 1.93 bits per heavy atom. The molecule has 0 amide bonds. The summed E-state index contributed by atoms with van der Waals surface area (Å²) in [6.07, 6.45) is 4.99. The molecule has 0 aliphatic heterocycles. The van der Waals surface area contributed by atoms with Gasteiger partial charge in [0.1, 0.15) is 15.9 Å². The lowest BCUT2D eigenvalue weighted by Crippen LogP contribution is -2.15. The van der Waals surface area contributed by atoms with Crippen molar-refractivity contribution in [2.45, 2.75) is 20.8 Å². The van der Waals surface area contributed by atoms with Crippen LogP contribution in [-0.2, 0) is 0 Å². The van der Waals surface area contributed by atoms with Crippen molar-refractivity contribution in [3.05, 3.63) is 81.8 Å². The Morgan fingerprint density at radius 3 is 2.73 bits per heavy atom. The van der Waals surface area contributed by atoms with Gasteiger partial charge in [-0.15, -0.1) is 11.3 Å². The third kappa shape index (κ3) is 3.02. The standard InChI is InChI=1S/C22H18N6OS/c1-13-9-14(2)25-21-18(13)19-20(30-21)22(29)28(12-23-19)24-10-16-11-27(26-15(16)3)17-7-5-4-6-8-17/h4-12H,1-3H3/b24-10-. The lowest BCUT2D eigenvalue weighted by molar-refractivity contribution is 0.819. The van der Waals surface area contributed by atoms with E-state index in [4.69, 9.17) is 0 Å². The molecular formula is C22H18N6OS. The lowest BCUT2D eigenvalue weighted by atomic mass is 10.1. The van der Waals surface area contributed by atoms with E-state index in [0.717, 1.165) is 38.4 Å². The van der Waals surface area contributed by atoms with Crippen LogP contribution >= 0.6 is 11.3 Å². The number of aryl methyl sites for hydroxylation is 3. The highest BCUT2D eigenvalue weighted by Crippen LogP contribution is 2.31. The summed E-state index contributed by atoms with van der Waals surface area (Å²) in [6, 6.07) is 11.9. The predicted molar refractivity (Wildman–Crippen MR) is 120 cm³/mol. The number of pyridine rings is 1. The first-order valence-corrected chi connectivity index (χ1v) is 10.3. The van der Waals surface area contributed by atoms with Gasteiger partial charge in [-0.2, -0.15) is 14.9 Å². The van der Waals surface area contributed by atoms with Gasteiger partial charge in [0.15, 0.2) is 0 Å². The summed E-state index contributed by atoms with van der Waals surface area (Å²) in [5, 5.41) is 9.82. The second kappa shape index (κ2) is 7.00. The molecule has 0 aliphatic rings. The van der Waals surface area contributed by atoms with Crippen LogP contribution in [0.3, 0.4) is 0 Å². The average molecular weight is 414 g/mol. The number of para-hydroxylation sites is 1. The fraction of sp³-hybridized carbons (Fsp3) is 0.136. The van der Waals surface area contributed by atoms with Crippen LogP contribution in [0.5, 0.6) is 0 Å². The molecule has 0 saturated heterocycles. The monoisotopic (exact) mass is 414 g/mol. The van der Waals surface area contributed by atoms with Gasteiger partial charge >= 0.3 is 0 Å². The summed E-state index contributed by atoms with van der Waals surface area (Å²) in [5.41, 5.74) is 5.09. The minimum atomic E-state index is -0.204. The second-order valence-corrected chi connectivity index (χ2v) is 8.13. The molecule has 7 nitrogen and oxygen atoms in total. The summed E-state index contributed by atoms with van der Waals surface area (Å²) >= 11 is 1.36. The molecule has 0 saturated carbocycles. The fourth-order valence-electron chi connectivity index (χ4n) is 3.48. The normalized spacial score (nSPS) is 11.8. The van der Waals surface area contributed by atoms with Crippen molar-refractivity contribution in [3.63, 3.8) is 0 Å². The van der Waals surface area contributed by atoms with Gasteiger partial charge < -0.3 is 0 Å². The molecule has 148 valence electrons. The number of benzene rings is 1. The van der Waals surface area contributed by atoms with Crippen molar-refractivity contribution >= 4 is 38.0 Å². The molecule has 30 heavy (non-hydrogen) atoms. The van der Waals surface area contributed by atoms with Gasteiger partial charge in [0.25, 0.3) is 5.56 Å². The van der Waals surface area contributed by atoms with Gasteiger partial charge in [-0.25, -0.2) is 14.6 Å². The SMILES string of the molecule is Cc1cc(C)c2c(n1)sc1c(=O)n(/N=C\c3cn(-c4ccccc4)nc3C)cnc12. The Kier molecular flexibility index (Phi) is 4.29. The van der Waals surface area contributed by atoms with Crippen molar-refractivity contribution in [2.24, 2.45) is 5.10 Å². The van der Waals surface area contributed by atoms with Gasteiger partial charge in [0.2, 0.25) is 0 Å². The molecule has 0 atom stereocenters. The first-order chi connectivity index (χ1) is 14.5. The van der Waals surface area contributed by atoms with E-state index >= 15 is 0 Å². The molecule has 0 aliphatic carbocycles. The van der Waals surface area contributed by atoms with Crippen LogP contribution in [0, 0.1) is 20.8 Å². The van der Waals surface area contributed by atoms with E-state index in [9.17, 15) is 4.79 Å². The zero-order valence-electron chi connectivity index (χ0n) is 16.7.